The van der Waals surface area contributed by atoms with Gasteiger partial charge >= 0.3 is 0 Å². The van der Waals surface area contributed by atoms with E-state index in [1.807, 2.05) is 69.8 Å². The summed E-state index contributed by atoms with van der Waals surface area (Å²) in [7, 11) is 0. The highest BCUT2D eigenvalue weighted by atomic mass is 32.2. The van der Waals surface area contributed by atoms with E-state index in [9.17, 15) is 4.79 Å². The lowest BCUT2D eigenvalue weighted by Crippen LogP contribution is -2.26. The van der Waals surface area contributed by atoms with Crippen LogP contribution in [-0.4, -0.2) is 27.4 Å². The van der Waals surface area contributed by atoms with Crippen molar-refractivity contribution in [3.05, 3.63) is 71.7 Å². The van der Waals surface area contributed by atoms with Crippen molar-refractivity contribution in [2.24, 2.45) is 10.7 Å². The number of aryl methyl sites for hydroxylation is 1. The molecule has 0 saturated carbocycles. The van der Waals surface area contributed by atoms with E-state index in [0.29, 0.717) is 5.70 Å². The smallest absolute Gasteiger partial charge is 0.228 e. The zero-order chi connectivity index (χ0) is 26.5. The lowest BCUT2D eigenvalue weighted by atomic mass is 10.1. The molecule has 3 aromatic rings. The molecule has 0 unspecified atom stereocenters. The number of allylic oxidation sites excluding steroid dienone is 1. The molecule has 36 heavy (non-hydrogen) atoms. The molecule has 190 valence electrons. The lowest BCUT2D eigenvalue weighted by molar-refractivity contribution is -0.119. The van der Waals surface area contributed by atoms with Crippen LogP contribution in [0.4, 0.5) is 0 Å². The Morgan fingerprint density at radius 2 is 1.83 bits per heavy atom. The van der Waals surface area contributed by atoms with Crippen LogP contribution in [0, 0.1) is 6.92 Å². The maximum absolute atomic E-state index is 12.6. The minimum absolute atomic E-state index is 0.107. The van der Waals surface area contributed by atoms with E-state index in [4.69, 9.17) is 10.5 Å². The highest BCUT2D eigenvalue weighted by Crippen LogP contribution is 2.37. The van der Waals surface area contributed by atoms with E-state index in [1.54, 1.807) is 12.4 Å². The predicted octanol–water partition coefficient (Wildman–Crippen LogP) is 6.55. The first-order chi connectivity index (χ1) is 16.8. The number of carbonyl (C=O) groups is 1. The minimum atomic E-state index is -0.251. The van der Waals surface area contributed by atoms with Gasteiger partial charge in [0.25, 0.3) is 0 Å². The molecule has 1 amide bonds. The molecule has 0 atom stereocenters. The SMILES string of the molecule is Cc1cc(CC(=O)N/C(C=NC(C)(C)C)=C/N)ccc1Oc1ccnc2ccc(SC(C)(C)C)cc12. The van der Waals surface area contributed by atoms with Gasteiger partial charge in [-0.05, 0) is 69.2 Å². The van der Waals surface area contributed by atoms with Gasteiger partial charge in [0.2, 0.25) is 5.91 Å². The molecule has 0 aliphatic heterocycles. The molecule has 0 fully saturated rings. The van der Waals surface area contributed by atoms with Gasteiger partial charge in [-0.3, -0.25) is 14.8 Å². The third-order valence-electron chi connectivity index (χ3n) is 4.98. The fourth-order valence-corrected chi connectivity index (χ4v) is 4.45. The number of benzene rings is 2. The summed E-state index contributed by atoms with van der Waals surface area (Å²) in [5, 5.41) is 3.78. The van der Waals surface area contributed by atoms with Crippen molar-refractivity contribution in [2.75, 3.05) is 0 Å². The van der Waals surface area contributed by atoms with Gasteiger partial charge in [-0.2, -0.15) is 0 Å². The highest BCUT2D eigenvalue weighted by molar-refractivity contribution is 8.00. The van der Waals surface area contributed by atoms with Crippen molar-refractivity contribution in [3.8, 4) is 11.5 Å². The molecule has 2 aromatic carbocycles. The maximum atomic E-state index is 12.6. The minimum Gasteiger partial charge on any atom is -0.456 e. The van der Waals surface area contributed by atoms with E-state index < -0.39 is 0 Å². The van der Waals surface area contributed by atoms with Crippen LogP contribution in [-0.2, 0) is 11.2 Å². The van der Waals surface area contributed by atoms with Crippen LogP contribution in [0.2, 0.25) is 0 Å². The normalized spacial score (nSPS) is 12.8. The zero-order valence-corrected chi connectivity index (χ0v) is 23.0. The number of thioether (sulfide) groups is 1. The third kappa shape index (κ3) is 8.12. The second kappa shape index (κ2) is 11.2. The number of hydrogen-bond acceptors (Lipinski definition) is 6. The van der Waals surface area contributed by atoms with Crippen LogP contribution >= 0.6 is 11.8 Å². The average Bonchev–Trinajstić information content (AvgIpc) is 2.77. The number of pyridine rings is 1. The summed E-state index contributed by atoms with van der Waals surface area (Å²) in [4.78, 5) is 22.6. The summed E-state index contributed by atoms with van der Waals surface area (Å²) in [6.07, 6.45) is 4.91. The molecule has 0 bridgehead atoms. The number of aromatic nitrogens is 1. The molecule has 7 heteroatoms. The van der Waals surface area contributed by atoms with Gasteiger partial charge in [0.05, 0.1) is 23.2 Å². The number of carbonyl (C=O) groups excluding carboxylic acids is 1. The number of nitrogens with two attached hydrogens (primary N) is 1. The molecule has 1 aromatic heterocycles. The van der Waals surface area contributed by atoms with Crippen LogP contribution in [0.1, 0.15) is 52.7 Å². The van der Waals surface area contributed by atoms with Gasteiger partial charge in [0, 0.05) is 33.6 Å². The van der Waals surface area contributed by atoms with Crippen molar-refractivity contribution in [1.82, 2.24) is 10.3 Å². The Balaban J connectivity index is 1.75. The predicted molar refractivity (Wildman–Crippen MR) is 151 cm³/mol. The van der Waals surface area contributed by atoms with Crippen molar-refractivity contribution < 1.29 is 9.53 Å². The largest absolute Gasteiger partial charge is 0.456 e. The fourth-order valence-electron chi connectivity index (χ4n) is 3.43. The van der Waals surface area contributed by atoms with Crippen LogP contribution in [0.25, 0.3) is 10.9 Å². The first-order valence-corrected chi connectivity index (χ1v) is 12.8. The van der Waals surface area contributed by atoms with E-state index >= 15 is 0 Å². The molecule has 1 heterocycles. The molecule has 0 radical (unpaired) electrons. The van der Waals surface area contributed by atoms with Gasteiger partial charge in [-0.25, -0.2) is 0 Å². The standard InChI is InChI=1S/C29H36N4O2S/c1-19-14-20(15-27(34)33-21(17-30)18-32-28(2,3)4)8-11-25(19)35-26-12-13-31-24-10-9-22(16-23(24)26)36-29(5,6)7/h8-14,16-18H,15,30H2,1-7H3,(H,33,34)/b21-17+,32-18?. The van der Waals surface area contributed by atoms with E-state index in [2.05, 4.69) is 48.2 Å². The Morgan fingerprint density at radius 3 is 2.47 bits per heavy atom. The highest BCUT2D eigenvalue weighted by Gasteiger charge is 2.15. The van der Waals surface area contributed by atoms with Crippen molar-refractivity contribution >= 4 is 34.8 Å². The topological polar surface area (TPSA) is 89.6 Å². The maximum Gasteiger partial charge on any atom is 0.228 e. The van der Waals surface area contributed by atoms with Gasteiger partial charge in [0.15, 0.2) is 0 Å². The van der Waals surface area contributed by atoms with Crippen LogP contribution in [0.3, 0.4) is 0 Å². The summed E-state index contributed by atoms with van der Waals surface area (Å²) in [6.45, 7) is 14.5. The number of ether oxygens (including phenoxy) is 1. The number of rotatable bonds is 7. The number of nitrogens with zero attached hydrogens (tertiary/aromatic N) is 2. The molecule has 3 N–H and O–H groups in total. The second-order valence-electron chi connectivity index (χ2n) is 10.7. The average molecular weight is 505 g/mol. The van der Waals surface area contributed by atoms with Crippen LogP contribution in [0.15, 0.2) is 70.4 Å². The van der Waals surface area contributed by atoms with Crippen molar-refractivity contribution in [1.29, 1.82) is 0 Å². The van der Waals surface area contributed by atoms with Crippen LogP contribution in [0.5, 0.6) is 11.5 Å². The van der Waals surface area contributed by atoms with E-state index in [0.717, 1.165) is 33.5 Å². The summed E-state index contributed by atoms with van der Waals surface area (Å²) in [5.74, 6) is 1.32. The number of aliphatic imine (C=N–C) groups is 1. The number of hydrogen-bond donors (Lipinski definition) is 2. The zero-order valence-electron chi connectivity index (χ0n) is 22.2. The van der Waals surface area contributed by atoms with Crippen LogP contribution < -0.4 is 15.8 Å². The van der Waals surface area contributed by atoms with Gasteiger partial charge in [-0.15, -0.1) is 11.8 Å². The monoisotopic (exact) mass is 504 g/mol. The molecular formula is C29H36N4O2S. The molecule has 0 aliphatic rings. The third-order valence-corrected chi connectivity index (χ3v) is 6.08. The van der Waals surface area contributed by atoms with Gasteiger partial charge < -0.3 is 15.8 Å². The van der Waals surface area contributed by atoms with Gasteiger partial charge in [-0.1, -0.05) is 32.9 Å². The molecule has 0 spiro atoms. The first kappa shape index (κ1) is 27.3. The van der Waals surface area contributed by atoms with Crippen molar-refractivity contribution in [3.63, 3.8) is 0 Å². The van der Waals surface area contributed by atoms with Crippen molar-refractivity contribution in [2.45, 2.75) is 70.1 Å². The number of nitrogens with one attached hydrogen (secondary N) is 1. The molecular weight excluding hydrogens is 468 g/mol. The quantitative estimate of drug-likeness (QED) is 0.281. The summed E-state index contributed by atoms with van der Waals surface area (Å²) >= 11 is 1.81. The van der Waals surface area contributed by atoms with E-state index in [-0.39, 0.29) is 22.6 Å². The Labute approximate surface area is 218 Å². The Morgan fingerprint density at radius 1 is 1.08 bits per heavy atom. The summed E-state index contributed by atoms with van der Waals surface area (Å²) in [5.41, 5.74) is 8.57. The van der Waals surface area contributed by atoms with E-state index in [1.165, 1.54) is 11.1 Å². The molecule has 3 rings (SSSR count). The molecule has 6 nitrogen and oxygen atoms in total. The fraction of sp³-hybridized carbons (Fsp3) is 0.345. The lowest BCUT2D eigenvalue weighted by Gasteiger charge is -2.18. The summed E-state index contributed by atoms with van der Waals surface area (Å²) in [6, 6.07) is 13.9. The Kier molecular flexibility index (Phi) is 8.46. The summed E-state index contributed by atoms with van der Waals surface area (Å²) < 4.78 is 6.43. The molecule has 0 saturated heterocycles. The Bertz CT molecular complexity index is 1300. The second-order valence-corrected chi connectivity index (χ2v) is 12.6. The Hall–Kier alpha value is -3.32. The number of amides is 1. The number of fused-ring (bicyclic) bond motifs is 1. The van der Waals surface area contributed by atoms with Gasteiger partial charge in [0.1, 0.15) is 11.5 Å². The first-order valence-electron chi connectivity index (χ1n) is 12.0. The molecule has 0 aliphatic carbocycles.